The number of amidine groups is 1. The smallest absolute Gasteiger partial charge is 0.416 e. The average molecular weight is 584 g/mol. The predicted octanol–water partition coefficient (Wildman–Crippen LogP) is 4.45. The summed E-state index contributed by atoms with van der Waals surface area (Å²) in [6.45, 7) is 0.690. The molecule has 0 saturated carbocycles. The number of rotatable bonds is 4. The molecule has 2 aromatic carbocycles. The second kappa shape index (κ2) is 10.3. The van der Waals surface area contributed by atoms with Crippen LogP contribution in [0.2, 0.25) is 0 Å². The number of fused-ring (bicyclic) bond motifs is 1. The number of aliphatic carboxylic acids is 1. The number of piperazine rings is 1. The Morgan fingerprint density at radius 2 is 1.90 bits per heavy atom. The van der Waals surface area contributed by atoms with Gasteiger partial charge in [0, 0.05) is 25.0 Å². The third-order valence-electron chi connectivity index (χ3n) is 6.41. The topological polar surface area (TPSA) is 99.8 Å². The number of halogens is 6. The fraction of sp³-hybridized carbons (Fsp3) is 0.280. The minimum atomic E-state index is -5.00. The summed E-state index contributed by atoms with van der Waals surface area (Å²) in [5.74, 6) is -1.57. The zero-order chi connectivity index (χ0) is 28.8. The number of alkyl halides is 6. The van der Waals surface area contributed by atoms with E-state index in [1.807, 2.05) is 0 Å². The van der Waals surface area contributed by atoms with E-state index in [2.05, 4.69) is 15.4 Å². The zero-order valence-corrected chi connectivity index (χ0v) is 21.1. The van der Waals surface area contributed by atoms with Crippen LogP contribution in [0.25, 0.3) is 17.0 Å². The maximum Gasteiger partial charge on any atom is 0.416 e. The third kappa shape index (κ3) is 5.56. The van der Waals surface area contributed by atoms with Crippen molar-refractivity contribution in [2.24, 2.45) is 4.99 Å². The first-order valence-corrected chi connectivity index (χ1v) is 12.6. The molecule has 1 aromatic heterocycles. The minimum Gasteiger partial charge on any atom is -0.480 e. The number of benzene rings is 2. The first kappa shape index (κ1) is 27.7. The summed E-state index contributed by atoms with van der Waals surface area (Å²) in [7, 11) is 0. The van der Waals surface area contributed by atoms with Crippen LogP contribution >= 0.6 is 11.8 Å². The van der Waals surface area contributed by atoms with Gasteiger partial charge in [0.2, 0.25) is 0 Å². The van der Waals surface area contributed by atoms with E-state index in [0.29, 0.717) is 35.6 Å². The molecule has 1 amide bonds. The van der Waals surface area contributed by atoms with Gasteiger partial charge in [-0.25, -0.2) is 4.79 Å². The molecular formula is C25H19F6N5O3S. The normalized spacial score (nSPS) is 19.5. The quantitative estimate of drug-likeness (QED) is 0.346. The molecule has 0 radical (unpaired) electrons. The Morgan fingerprint density at radius 1 is 1.12 bits per heavy atom. The van der Waals surface area contributed by atoms with Crippen molar-refractivity contribution in [2.45, 2.75) is 24.9 Å². The van der Waals surface area contributed by atoms with Gasteiger partial charge in [0.1, 0.15) is 6.04 Å². The summed E-state index contributed by atoms with van der Waals surface area (Å²) < 4.78 is 80.9. The van der Waals surface area contributed by atoms with Crippen LogP contribution in [0.15, 0.2) is 52.5 Å². The van der Waals surface area contributed by atoms with Crippen molar-refractivity contribution in [3.8, 4) is 0 Å². The number of carboxylic acid groups (broad SMARTS) is 1. The van der Waals surface area contributed by atoms with Crippen LogP contribution in [0.4, 0.5) is 26.3 Å². The highest BCUT2D eigenvalue weighted by atomic mass is 32.2. The highest BCUT2D eigenvalue weighted by Crippen LogP contribution is 2.38. The van der Waals surface area contributed by atoms with Crippen molar-refractivity contribution in [1.29, 1.82) is 0 Å². The summed E-state index contributed by atoms with van der Waals surface area (Å²) in [5, 5.41) is 17.4. The molecule has 1 fully saturated rings. The summed E-state index contributed by atoms with van der Waals surface area (Å²) in [5.41, 5.74) is -2.16. The van der Waals surface area contributed by atoms with Crippen LogP contribution in [-0.4, -0.2) is 62.5 Å². The summed E-state index contributed by atoms with van der Waals surface area (Å²) in [6.07, 6.45) is -6.95. The molecule has 15 heteroatoms. The highest BCUT2D eigenvalue weighted by molar-refractivity contribution is 8.18. The van der Waals surface area contributed by atoms with Gasteiger partial charge in [-0.1, -0.05) is 12.1 Å². The van der Waals surface area contributed by atoms with Gasteiger partial charge in [-0.2, -0.15) is 36.4 Å². The molecule has 3 heterocycles. The predicted molar refractivity (Wildman–Crippen MR) is 134 cm³/mol. The number of nitrogens with zero attached hydrogens (tertiary/aromatic N) is 4. The van der Waals surface area contributed by atoms with E-state index in [1.165, 1.54) is 10.9 Å². The van der Waals surface area contributed by atoms with Crippen LogP contribution in [0.5, 0.6) is 0 Å². The number of thioether (sulfide) groups is 1. The zero-order valence-electron chi connectivity index (χ0n) is 20.3. The highest BCUT2D eigenvalue weighted by Gasteiger charge is 2.38. The van der Waals surface area contributed by atoms with Gasteiger partial charge in [0.05, 0.1) is 34.3 Å². The summed E-state index contributed by atoms with van der Waals surface area (Å²) >= 11 is 1.05. The van der Waals surface area contributed by atoms with Crippen molar-refractivity contribution in [1.82, 2.24) is 20.0 Å². The largest absolute Gasteiger partial charge is 0.480 e. The Morgan fingerprint density at radius 3 is 2.60 bits per heavy atom. The Kier molecular flexibility index (Phi) is 7.12. The first-order valence-electron chi connectivity index (χ1n) is 11.8. The molecule has 2 N–H and O–H groups in total. The molecule has 1 atom stereocenters. The van der Waals surface area contributed by atoms with Crippen molar-refractivity contribution in [2.75, 3.05) is 19.6 Å². The van der Waals surface area contributed by atoms with Gasteiger partial charge in [-0.3, -0.25) is 9.48 Å². The lowest BCUT2D eigenvalue weighted by molar-refractivity contribution is -0.144. The van der Waals surface area contributed by atoms with Crippen molar-refractivity contribution in [3.63, 3.8) is 0 Å². The van der Waals surface area contributed by atoms with E-state index < -0.39 is 47.9 Å². The number of carboxylic acids is 1. The van der Waals surface area contributed by atoms with E-state index in [9.17, 15) is 41.0 Å². The molecule has 2 aliphatic rings. The van der Waals surface area contributed by atoms with Gasteiger partial charge in [-0.05, 0) is 53.2 Å². The number of hydrogen-bond acceptors (Lipinski definition) is 6. The number of aliphatic imine (C=N–C) groups is 1. The van der Waals surface area contributed by atoms with Gasteiger partial charge in [-0.15, -0.1) is 0 Å². The fourth-order valence-electron chi connectivity index (χ4n) is 4.46. The van der Waals surface area contributed by atoms with Crippen LogP contribution in [0.1, 0.15) is 22.3 Å². The average Bonchev–Trinajstić information content (AvgIpc) is 3.45. The molecule has 0 aliphatic carbocycles. The van der Waals surface area contributed by atoms with Crippen molar-refractivity contribution in [3.05, 3.63) is 69.8 Å². The maximum absolute atomic E-state index is 13.6. The molecule has 210 valence electrons. The SMILES string of the molecule is O=C1N=C(N2CCNC[C@@H]2C(=O)O)S/C1=C\c1ccc2c(cnn2Cc2ccc(C(F)(F)F)cc2C(F)(F)F)c1. The monoisotopic (exact) mass is 583 g/mol. The second-order valence-corrected chi connectivity index (χ2v) is 10.1. The molecule has 40 heavy (non-hydrogen) atoms. The van der Waals surface area contributed by atoms with E-state index >= 15 is 0 Å². The van der Waals surface area contributed by atoms with Gasteiger partial charge >= 0.3 is 18.3 Å². The van der Waals surface area contributed by atoms with Crippen LogP contribution in [0, 0.1) is 0 Å². The number of nitrogens with one attached hydrogen (secondary N) is 1. The van der Waals surface area contributed by atoms with Gasteiger partial charge in [0.25, 0.3) is 5.91 Å². The van der Waals surface area contributed by atoms with E-state index in [0.717, 1.165) is 17.8 Å². The minimum absolute atomic E-state index is 0.0942. The Labute approximate surface area is 226 Å². The van der Waals surface area contributed by atoms with Gasteiger partial charge < -0.3 is 15.3 Å². The summed E-state index contributed by atoms with van der Waals surface area (Å²) in [6, 6.07) is 5.47. The number of aromatic nitrogens is 2. The Balaban J connectivity index is 1.38. The lowest BCUT2D eigenvalue weighted by Gasteiger charge is -2.34. The number of carbonyl (C=O) groups is 2. The molecule has 0 unspecified atom stereocenters. The molecule has 0 spiro atoms. The molecule has 3 aromatic rings. The molecule has 5 rings (SSSR count). The molecular weight excluding hydrogens is 564 g/mol. The molecule has 1 saturated heterocycles. The fourth-order valence-corrected chi connectivity index (χ4v) is 5.45. The van der Waals surface area contributed by atoms with Crippen molar-refractivity contribution < 1.29 is 41.0 Å². The summed E-state index contributed by atoms with van der Waals surface area (Å²) in [4.78, 5) is 30.0. The Bertz CT molecular complexity index is 1560. The van der Waals surface area contributed by atoms with E-state index in [4.69, 9.17) is 0 Å². The van der Waals surface area contributed by atoms with Crippen molar-refractivity contribution >= 4 is 45.8 Å². The second-order valence-electron chi connectivity index (χ2n) is 9.05. The lowest BCUT2D eigenvalue weighted by Crippen LogP contribution is -2.56. The van der Waals surface area contributed by atoms with Gasteiger partial charge in [0.15, 0.2) is 5.17 Å². The first-order chi connectivity index (χ1) is 18.8. The number of amides is 1. The number of hydrogen-bond donors (Lipinski definition) is 2. The van der Waals surface area contributed by atoms with Crippen LogP contribution in [-0.2, 0) is 28.5 Å². The van der Waals surface area contributed by atoms with E-state index in [1.54, 1.807) is 29.2 Å². The standard InChI is InChI=1S/C25H19F6N5O3S/c26-24(27,28)16-3-2-14(17(9-16)25(29,30)31)12-36-18-4-1-13(7-15(18)10-33-36)8-20-21(37)34-23(40-20)35-6-5-32-11-19(35)22(38)39/h1-4,7-10,19,32H,5-6,11-12H2,(H,38,39)/b20-8-/t19-/m1/s1. The lowest BCUT2D eigenvalue weighted by atomic mass is 10.0. The number of carbonyl (C=O) groups excluding carboxylic acids is 1. The molecule has 2 aliphatic heterocycles. The van der Waals surface area contributed by atoms with Crippen LogP contribution in [0.3, 0.4) is 0 Å². The Hall–Kier alpha value is -3.85. The van der Waals surface area contributed by atoms with Crippen LogP contribution < -0.4 is 5.32 Å². The molecule has 8 nitrogen and oxygen atoms in total. The van der Waals surface area contributed by atoms with E-state index in [-0.39, 0.29) is 28.2 Å². The third-order valence-corrected chi connectivity index (χ3v) is 7.43. The maximum atomic E-state index is 13.6. The molecule has 0 bridgehead atoms.